The summed E-state index contributed by atoms with van der Waals surface area (Å²) < 4.78 is 6.63. The molecule has 0 amide bonds. The summed E-state index contributed by atoms with van der Waals surface area (Å²) in [6.45, 7) is 3.58. The molecule has 0 atom stereocenters. The molecule has 0 spiro atoms. The molecule has 0 unspecified atom stereocenters. The van der Waals surface area contributed by atoms with Gasteiger partial charge in [-0.25, -0.2) is 0 Å². The second-order valence-electron chi connectivity index (χ2n) is 3.00. The minimum atomic E-state index is 0.824. The molecule has 1 saturated heterocycles. The molecule has 2 heterocycles. The summed E-state index contributed by atoms with van der Waals surface area (Å²) in [5, 5.41) is 0. The molecular formula is C9H11N2OPb. The van der Waals surface area contributed by atoms with Gasteiger partial charge in [-0.3, -0.25) is 0 Å². The van der Waals surface area contributed by atoms with Crippen molar-refractivity contribution in [3.63, 3.8) is 0 Å². The van der Waals surface area contributed by atoms with E-state index in [9.17, 15) is 0 Å². The number of ether oxygens (including phenoxy) is 1. The van der Waals surface area contributed by atoms with Gasteiger partial charge in [0.25, 0.3) is 0 Å². The Balaban J connectivity index is 2.10. The number of anilines is 1. The Morgan fingerprint density at radius 1 is 1.31 bits per heavy atom. The summed E-state index contributed by atoms with van der Waals surface area (Å²) in [6.07, 6.45) is 1.97. The fourth-order valence-corrected chi connectivity index (χ4v) is 1.94. The topological polar surface area (TPSA) is 25.4 Å². The third-order valence-corrected chi connectivity index (χ3v) is 3.23. The van der Waals surface area contributed by atoms with Crippen molar-refractivity contribution in [2.45, 2.75) is 0 Å². The van der Waals surface area contributed by atoms with Crippen LogP contribution in [-0.4, -0.2) is 57.1 Å². The minimum absolute atomic E-state index is 0.824. The average Bonchev–Trinajstić information content (AvgIpc) is 2.20. The van der Waals surface area contributed by atoms with Crippen LogP contribution >= 0.6 is 0 Å². The molecule has 2 rings (SSSR count). The Morgan fingerprint density at radius 3 is 2.69 bits per heavy atom. The molecule has 1 aromatic heterocycles. The number of aromatic nitrogens is 1. The number of hydrogen-bond acceptors (Lipinski definition) is 3. The first-order chi connectivity index (χ1) is 6.36. The van der Waals surface area contributed by atoms with Crippen LogP contribution in [0.3, 0.4) is 0 Å². The van der Waals surface area contributed by atoms with Gasteiger partial charge in [0.2, 0.25) is 0 Å². The van der Waals surface area contributed by atoms with E-state index in [4.69, 9.17) is 4.74 Å². The summed E-state index contributed by atoms with van der Waals surface area (Å²) in [5.41, 5.74) is 0. The fraction of sp³-hybridized carbons (Fsp3) is 0.444. The number of rotatable bonds is 1. The van der Waals surface area contributed by atoms with Gasteiger partial charge in [0.1, 0.15) is 0 Å². The van der Waals surface area contributed by atoms with Crippen molar-refractivity contribution in [1.29, 1.82) is 0 Å². The molecule has 0 N–H and O–H groups in total. The maximum absolute atomic E-state index is 5.28. The molecule has 67 valence electrons. The molecule has 1 aliphatic rings. The third kappa shape index (κ3) is 2.40. The second-order valence-corrected chi connectivity index (χ2v) is 5.25. The monoisotopic (exact) mass is 371 g/mol. The van der Waals surface area contributed by atoms with Gasteiger partial charge in [-0.2, -0.15) is 0 Å². The summed E-state index contributed by atoms with van der Waals surface area (Å²) in [5.74, 6) is 1.09. The molecule has 1 aromatic rings. The van der Waals surface area contributed by atoms with Crippen LogP contribution in [0.4, 0.5) is 5.82 Å². The zero-order valence-electron chi connectivity index (χ0n) is 7.36. The quantitative estimate of drug-likeness (QED) is 0.636. The molecule has 0 saturated carbocycles. The first kappa shape index (κ1) is 9.39. The summed E-state index contributed by atoms with van der Waals surface area (Å²) in [7, 11) is 0. The van der Waals surface area contributed by atoms with Crippen LogP contribution in [0.1, 0.15) is 0 Å². The van der Waals surface area contributed by atoms with Crippen LogP contribution in [-0.2, 0) is 4.74 Å². The van der Waals surface area contributed by atoms with Gasteiger partial charge in [-0.15, -0.1) is 0 Å². The SMILES string of the molecule is [Pb][c]1ccc(N2CCOCC2)nc1. The van der Waals surface area contributed by atoms with Crippen molar-refractivity contribution in [3.05, 3.63) is 18.3 Å². The van der Waals surface area contributed by atoms with Crippen LogP contribution < -0.4 is 8.02 Å². The van der Waals surface area contributed by atoms with Gasteiger partial charge in [0, 0.05) is 0 Å². The Labute approximate surface area is 93.8 Å². The first-order valence-electron chi connectivity index (χ1n) is 4.36. The average molecular weight is 370 g/mol. The van der Waals surface area contributed by atoms with E-state index < -0.39 is 0 Å². The van der Waals surface area contributed by atoms with E-state index in [-0.39, 0.29) is 0 Å². The number of pyridine rings is 1. The zero-order valence-corrected chi connectivity index (χ0v) is 11.3. The predicted octanol–water partition coefficient (Wildman–Crippen LogP) is -0.288. The van der Waals surface area contributed by atoms with Gasteiger partial charge in [-0.1, -0.05) is 0 Å². The molecular weight excluding hydrogens is 359 g/mol. The van der Waals surface area contributed by atoms with Crippen LogP contribution in [0.2, 0.25) is 0 Å². The van der Waals surface area contributed by atoms with Gasteiger partial charge >= 0.3 is 94.0 Å². The molecule has 0 aliphatic carbocycles. The Kier molecular flexibility index (Phi) is 3.15. The second kappa shape index (κ2) is 4.37. The Bertz CT molecular complexity index is 269. The van der Waals surface area contributed by atoms with Gasteiger partial charge < -0.3 is 0 Å². The molecule has 13 heavy (non-hydrogen) atoms. The van der Waals surface area contributed by atoms with Crippen LogP contribution in [0.25, 0.3) is 0 Å². The van der Waals surface area contributed by atoms with E-state index >= 15 is 0 Å². The molecule has 3 nitrogen and oxygen atoms in total. The zero-order chi connectivity index (χ0) is 9.10. The van der Waals surface area contributed by atoms with Gasteiger partial charge in [-0.05, 0) is 0 Å². The van der Waals surface area contributed by atoms with E-state index in [1.54, 1.807) is 0 Å². The maximum atomic E-state index is 5.28. The summed E-state index contributed by atoms with van der Waals surface area (Å²) >= 11 is 1.08. The van der Waals surface area contributed by atoms with Gasteiger partial charge in [0.15, 0.2) is 0 Å². The third-order valence-electron chi connectivity index (χ3n) is 2.08. The Hall–Kier alpha value is -0.168. The van der Waals surface area contributed by atoms with Crippen molar-refractivity contribution < 1.29 is 4.74 Å². The molecule has 3 radical (unpaired) electrons. The Morgan fingerprint density at radius 2 is 2.08 bits per heavy atom. The fourth-order valence-electron chi connectivity index (χ4n) is 1.37. The van der Waals surface area contributed by atoms with E-state index in [2.05, 4.69) is 22.0 Å². The van der Waals surface area contributed by atoms with Crippen LogP contribution in [0.15, 0.2) is 18.3 Å². The first-order valence-corrected chi connectivity index (χ1v) is 6.31. The standard InChI is InChI=1S/C9H11N2O.Pb/c1-2-4-10-9(3-1)11-5-7-12-8-6-11;/h1,3-4H,5-8H2;. The molecule has 0 bridgehead atoms. The normalized spacial score (nSPS) is 17.5. The van der Waals surface area contributed by atoms with Crippen molar-refractivity contribution in [3.8, 4) is 0 Å². The van der Waals surface area contributed by atoms with Crippen molar-refractivity contribution in [2.75, 3.05) is 31.2 Å². The van der Waals surface area contributed by atoms with Crippen molar-refractivity contribution in [2.24, 2.45) is 0 Å². The van der Waals surface area contributed by atoms with E-state index in [0.717, 1.165) is 57.9 Å². The van der Waals surface area contributed by atoms with Crippen molar-refractivity contribution >= 4 is 34.7 Å². The number of hydrogen-bond donors (Lipinski definition) is 0. The number of nitrogens with zero attached hydrogens (tertiary/aromatic N) is 2. The van der Waals surface area contributed by atoms with E-state index in [1.165, 1.54) is 3.12 Å². The predicted molar refractivity (Wildman–Crippen MR) is 52.7 cm³/mol. The molecule has 1 aliphatic heterocycles. The number of morpholine rings is 1. The molecule has 0 aromatic carbocycles. The van der Waals surface area contributed by atoms with Crippen molar-refractivity contribution in [1.82, 2.24) is 4.98 Å². The summed E-state index contributed by atoms with van der Waals surface area (Å²) in [4.78, 5) is 6.68. The van der Waals surface area contributed by atoms with E-state index in [0.29, 0.717) is 0 Å². The van der Waals surface area contributed by atoms with Crippen LogP contribution in [0, 0.1) is 0 Å². The van der Waals surface area contributed by atoms with Crippen LogP contribution in [0.5, 0.6) is 0 Å². The summed E-state index contributed by atoms with van der Waals surface area (Å²) in [6, 6.07) is 4.26. The molecule has 4 heteroatoms. The van der Waals surface area contributed by atoms with Gasteiger partial charge in [0.05, 0.1) is 0 Å². The van der Waals surface area contributed by atoms with E-state index in [1.807, 2.05) is 6.20 Å². The molecule has 1 fully saturated rings.